The Morgan fingerprint density at radius 2 is 2.40 bits per heavy atom. The van der Waals surface area contributed by atoms with Gasteiger partial charge in [-0.05, 0) is 0 Å². The van der Waals surface area contributed by atoms with Crippen LogP contribution >= 0.6 is 11.6 Å². The first-order chi connectivity index (χ1) is 2.41. The van der Waals surface area contributed by atoms with Gasteiger partial charge in [0.2, 0.25) is 5.75 Å². The zero-order valence-electron chi connectivity index (χ0n) is 2.61. The van der Waals surface area contributed by atoms with Gasteiger partial charge < -0.3 is 0 Å². The van der Waals surface area contributed by atoms with Crippen molar-refractivity contribution in [1.82, 2.24) is 0 Å². The summed E-state index contributed by atoms with van der Waals surface area (Å²) in [6.45, 7) is 0. The summed E-state index contributed by atoms with van der Waals surface area (Å²) in [5, 5.41) is 0. The highest BCUT2D eigenvalue weighted by molar-refractivity contribution is 7.65. The maximum absolute atomic E-state index is 9.36. The number of halogens is 1. The van der Waals surface area contributed by atoms with Crippen LogP contribution in [0, 0.1) is 0 Å². The van der Waals surface area contributed by atoms with E-state index in [1.807, 2.05) is 0 Å². The van der Waals surface area contributed by atoms with E-state index in [-0.39, 0.29) is 0 Å². The van der Waals surface area contributed by atoms with Crippen LogP contribution in [0.2, 0.25) is 0 Å². The van der Waals surface area contributed by atoms with Crippen LogP contribution in [0.4, 0.5) is 0 Å². The molecule has 0 aromatic rings. The van der Waals surface area contributed by atoms with E-state index in [1.165, 1.54) is 0 Å². The van der Waals surface area contributed by atoms with Crippen LogP contribution in [-0.4, -0.2) is 11.6 Å². The van der Waals surface area contributed by atoms with E-state index >= 15 is 0 Å². The summed E-state index contributed by atoms with van der Waals surface area (Å²) >= 11 is 5.60. The Balaban J connectivity index is 2.40. The minimum absolute atomic E-state index is 0.466. The number of rotatable bonds is 2. The summed E-state index contributed by atoms with van der Waals surface area (Å²) in [6, 6.07) is 0. The van der Waals surface area contributed by atoms with Crippen LogP contribution in [0.3, 0.4) is 0 Å². The van der Waals surface area contributed by atoms with Gasteiger partial charge in [0.05, 0.1) is 5.88 Å². The summed E-state index contributed by atoms with van der Waals surface area (Å²) in [7, 11) is 0. The largest absolute Gasteiger partial charge is 0.459 e. The Morgan fingerprint density at radius 1 is 1.80 bits per heavy atom. The van der Waals surface area contributed by atoms with E-state index in [2.05, 4.69) is 0 Å². The molecule has 0 bridgehead atoms. The van der Waals surface area contributed by atoms with Crippen LogP contribution in [0.25, 0.3) is 0 Å². The molecule has 5 heavy (non-hydrogen) atoms. The van der Waals surface area contributed by atoms with Crippen LogP contribution in [0.1, 0.15) is 0 Å². The van der Waals surface area contributed by atoms with E-state index < -0.39 is 0 Å². The molecule has 0 N–H and O–H groups in total. The molecule has 0 rings (SSSR count). The van der Waals surface area contributed by atoms with Gasteiger partial charge in [-0.1, -0.05) is 0 Å². The van der Waals surface area contributed by atoms with Crippen LogP contribution in [0.5, 0.6) is 0 Å². The molecule has 0 aromatic heterocycles. The Kier molecular flexibility index (Phi) is 4.58. The van der Waals surface area contributed by atoms with Gasteiger partial charge >= 0.3 is 11.7 Å². The molecule has 0 aliphatic carbocycles. The number of hydrogen-bond donors (Lipinski definition) is 0. The second-order valence-electron chi connectivity index (χ2n) is 0.511. The molecular weight excluding hydrogens is 108 g/mol. The Bertz CT molecular complexity index is 30.8. The predicted octanol–water partition coefficient (Wildman–Crippen LogP) is 0.653. The highest BCUT2D eigenvalue weighted by Gasteiger charge is 1.88. The predicted molar refractivity (Wildman–Crippen MR) is 23.6 cm³/mol. The fourth-order valence-corrected chi connectivity index (χ4v) is 0.283. The fourth-order valence-electron chi connectivity index (χ4n) is 0.0315. The van der Waals surface area contributed by atoms with Crippen molar-refractivity contribution in [2.24, 2.45) is 0 Å². The van der Waals surface area contributed by atoms with Crippen molar-refractivity contribution in [1.29, 1.82) is 0 Å². The van der Waals surface area contributed by atoms with Gasteiger partial charge in [-0.2, -0.15) is 0 Å². The van der Waals surface area contributed by atoms with Gasteiger partial charge in [0.15, 0.2) is 0 Å². The molecule has 3 heteroatoms. The average molecular weight is 112 g/mol. The van der Waals surface area contributed by atoms with E-state index in [0.717, 1.165) is 0 Å². The van der Waals surface area contributed by atoms with E-state index in [1.54, 1.807) is 0 Å². The van der Waals surface area contributed by atoms with Crippen LogP contribution in [-0.2, 0) is 15.9 Å². The molecule has 0 amide bonds. The molecule has 0 saturated heterocycles. The summed E-state index contributed by atoms with van der Waals surface area (Å²) in [5.41, 5.74) is 0. The molecular formula is C2H4ClOS+. The van der Waals surface area contributed by atoms with Crippen molar-refractivity contribution in [3.8, 4) is 0 Å². The van der Waals surface area contributed by atoms with Crippen molar-refractivity contribution in [2.45, 2.75) is 0 Å². The minimum atomic E-state index is 0.466. The number of hydrogen-bond acceptors (Lipinski definition) is 1. The summed E-state index contributed by atoms with van der Waals surface area (Å²) < 4.78 is 9.36. The van der Waals surface area contributed by atoms with E-state index in [4.69, 9.17) is 11.6 Å². The molecule has 0 aliphatic rings. The quantitative estimate of drug-likeness (QED) is 0.378. The Labute approximate surface area is 39.8 Å². The lowest BCUT2D eigenvalue weighted by molar-refractivity contribution is 0.605. The Morgan fingerprint density at radius 3 is 2.40 bits per heavy atom. The van der Waals surface area contributed by atoms with Crippen molar-refractivity contribution in [2.75, 3.05) is 11.6 Å². The first kappa shape index (κ1) is 5.31. The van der Waals surface area contributed by atoms with Crippen molar-refractivity contribution < 1.29 is 4.21 Å². The van der Waals surface area contributed by atoms with E-state index in [0.29, 0.717) is 23.3 Å². The Hall–Kier alpha value is 0.310. The highest BCUT2D eigenvalue weighted by atomic mass is 35.5. The number of alkyl halides is 1. The topological polar surface area (TPSA) is 17.1 Å². The molecule has 0 atom stereocenters. The third-order valence-corrected chi connectivity index (χ3v) is 0.944. The third kappa shape index (κ3) is 4.31. The lowest BCUT2D eigenvalue weighted by Gasteiger charge is -1.51. The zero-order chi connectivity index (χ0) is 4.12. The van der Waals surface area contributed by atoms with Gasteiger partial charge in [-0.25, -0.2) is 0 Å². The highest BCUT2D eigenvalue weighted by Crippen LogP contribution is 1.68. The van der Waals surface area contributed by atoms with Gasteiger partial charge in [0.25, 0.3) is 0 Å². The summed E-state index contributed by atoms with van der Waals surface area (Å²) in [6.07, 6.45) is 0. The monoisotopic (exact) mass is 111 g/mol. The maximum Gasteiger partial charge on any atom is 0.459 e. The van der Waals surface area contributed by atoms with Gasteiger partial charge in [-0.15, -0.1) is 11.6 Å². The summed E-state index contributed by atoms with van der Waals surface area (Å²) in [5.74, 6) is 0.982. The standard InChI is InChI=1S/C2H4ClOS/c3-1-2-5-4/h1-2H2/q+1. The average Bonchev–Trinajstić information content (AvgIpc) is 1.41. The van der Waals surface area contributed by atoms with Crippen molar-refractivity contribution in [3.05, 3.63) is 0 Å². The molecule has 0 radical (unpaired) electrons. The lowest BCUT2D eigenvalue weighted by Crippen LogP contribution is -1.76. The summed E-state index contributed by atoms with van der Waals surface area (Å²) in [4.78, 5) is 0. The molecule has 0 heterocycles. The molecule has 0 spiro atoms. The van der Waals surface area contributed by atoms with E-state index in [9.17, 15) is 4.21 Å². The van der Waals surface area contributed by atoms with Crippen LogP contribution in [0.15, 0.2) is 0 Å². The first-order valence-corrected chi connectivity index (χ1v) is 2.67. The SMILES string of the molecule is O=[S+]CCCl. The molecule has 30 valence electrons. The first-order valence-electron chi connectivity index (χ1n) is 1.22. The molecule has 0 saturated carbocycles. The maximum atomic E-state index is 9.36. The van der Waals surface area contributed by atoms with Crippen molar-refractivity contribution in [3.63, 3.8) is 0 Å². The second kappa shape index (κ2) is 4.31. The zero-order valence-corrected chi connectivity index (χ0v) is 4.18. The van der Waals surface area contributed by atoms with Gasteiger partial charge in [-0.3, -0.25) is 0 Å². The molecule has 0 unspecified atom stereocenters. The van der Waals surface area contributed by atoms with Crippen LogP contribution < -0.4 is 0 Å². The molecule has 0 fully saturated rings. The molecule has 0 aromatic carbocycles. The normalized spacial score (nSPS) is 7.40. The molecule has 0 aliphatic heterocycles. The fraction of sp³-hybridized carbons (Fsp3) is 1.00. The smallest absolute Gasteiger partial charge is 0.121 e. The minimum Gasteiger partial charge on any atom is -0.121 e. The molecule has 1 nitrogen and oxygen atoms in total. The third-order valence-electron chi connectivity index (χ3n) is 0.160. The lowest BCUT2D eigenvalue weighted by atomic mass is 11.0. The van der Waals surface area contributed by atoms with Gasteiger partial charge in [0, 0.05) is 4.21 Å². The van der Waals surface area contributed by atoms with Crippen molar-refractivity contribution >= 4 is 23.3 Å². The second-order valence-corrected chi connectivity index (χ2v) is 1.53. The van der Waals surface area contributed by atoms with Gasteiger partial charge in [0.1, 0.15) is 0 Å².